The average molecular weight is 413 g/mol. The number of hydrogen-bond donors (Lipinski definition) is 1. The van der Waals surface area contributed by atoms with Gasteiger partial charge in [0.15, 0.2) is 0 Å². The van der Waals surface area contributed by atoms with Gasteiger partial charge in [-0.25, -0.2) is 0 Å². The molecule has 3 fully saturated rings. The van der Waals surface area contributed by atoms with Crippen molar-refractivity contribution >= 4 is 0 Å². The zero-order chi connectivity index (χ0) is 21.0. The molecule has 3 saturated carbocycles. The number of rotatable bonds is 4. The highest BCUT2D eigenvalue weighted by atomic mass is 19.4. The van der Waals surface area contributed by atoms with Gasteiger partial charge in [-0.05, 0) is 98.7 Å². The van der Waals surface area contributed by atoms with Crippen molar-refractivity contribution in [3.63, 3.8) is 0 Å². The number of halogens is 3. The van der Waals surface area contributed by atoms with Crippen LogP contribution in [0.1, 0.15) is 91.4 Å². The minimum atomic E-state index is -4.05. The molecule has 0 aromatic carbocycles. The molecule has 0 aromatic rings. The van der Waals surface area contributed by atoms with Crippen LogP contribution in [-0.2, 0) is 0 Å². The molecule has 0 heterocycles. The van der Waals surface area contributed by atoms with Crippen LogP contribution < -0.4 is 0 Å². The molecule has 0 amide bonds. The maximum Gasteiger partial charge on any atom is 0.391 e. The number of hydrogen-bond acceptors (Lipinski definition) is 1. The smallest absolute Gasteiger partial charge is 0.391 e. The summed E-state index contributed by atoms with van der Waals surface area (Å²) in [6.07, 6.45) is 9.35. The summed E-state index contributed by atoms with van der Waals surface area (Å²) in [5, 5.41) is 10.2. The first kappa shape index (κ1) is 21.7. The third-order valence-electron chi connectivity index (χ3n) is 9.94. The van der Waals surface area contributed by atoms with Crippen molar-refractivity contribution in [1.29, 1.82) is 0 Å². The molecular formula is C25H39F3O. The van der Waals surface area contributed by atoms with Gasteiger partial charge in [0.2, 0.25) is 0 Å². The van der Waals surface area contributed by atoms with Gasteiger partial charge in [-0.3, -0.25) is 0 Å². The fraction of sp³-hybridized carbons (Fsp3) is 0.920. The molecule has 1 nitrogen and oxygen atoms in total. The normalized spacial score (nSPS) is 45.8. The minimum absolute atomic E-state index is 0.117. The fourth-order valence-electron chi connectivity index (χ4n) is 7.92. The van der Waals surface area contributed by atoms with E-state index in [0.29, 0.717) is 30.1 Å². The molecule has 166 valence electrons. The maximum absolute atomic E-state index is 12.9. The Morgan fingerprint density at radius 1 is 1.14 bits per heavy atom. The molecular weight excluding hydrogens is 373 g/mol. The van der Waals surface area contributed by atoms with Gasteiger partial charge >= 0.3 is 6.18 Å². The molecule has 8 unspecified atom stereocenters. The van der Waals surface area contributed by atoms with Crippen molar-refractivity contribution in [3.05, 3.63) is 11.6 Å². The van der Waals surface area contributed by atoms with Crippen LogP contribution in [0, 0.1) is 40.4 Å². The fourth-order valence-corrected chi connectivity index (χ4v) is 7.92. The minimum Gasteiger partial charge on any atom is -0.393 e. The van der Waals surface area contributed by atoms with E-state index in [2.05, 4.69) is 19.9 Å². The van der Waals surface area contributed by atoms with E-state index in [0.717, 1.165) is 32.1 Å². The summed E-state index contributed by atoms with van der Waals surface area (Å²) in [6, 6.07) is 0. The van der Waals surface area contributed by atoms with Crippen molar-refractivity contribution in [1.82, 2.24) is 0 Å². The quantitative estimate of drug-likeness (QED) is 0.481. The molecule has 4 rings (SSSR count). The van der Waals surface area contributed by atoms with Crippen LogP contribution in [-0.4, -0.2) is 17.4 Å². The molecule has 0 aromatic heterocycles. The summed E-state index contributed by atoms with van der Waals surface area (Å²) in [5.74, 6) is 1.40. The van der Waals surface area contributed by atoms with Gasteiger partial charge in [0.1, 0.15) is 0 Å². The van der Waals surface area contributed by atoms with Crippen LogP contribution in [0.2, 0.25) is 0 Å². The highest BCUT2D eigenvalue weighted by Crippen LogP contribution is 2.66. The number of alkyl halides is 3. The first-order valence-corrected chi connectivity index (χ1v) is 12.0. The predicted octanol–water partition coefficient (Wildman–Crippen LogP) is 7.30. The van der Waals surface area contributed by atoms with Gasteiger partial charge < -0.3 is 5.11 Å². The Balaban J connectivity index is 1.45. The highest BCUT2D eigenvalue weighted by Gasteiger charge is 2.56. The maximum atomic E-state index is 12.9. The molecule has 8 atom stereocenters. The second-order valence-electron chi connectivity index (χ2n) is 11.4. The Kier molecular flexibility index (Phi) is 5.67. The van der Waals surface area contributed by atoms with E-state index in [4.69, 9.17) is 0 Å². The Morgan fingerprint density at radius 2 is 1.90 bits per heavy atom. The topological polar surface area (TPSA) is 20.2 Å². The molecule has 0 bridgehead atoms. The van der Waals surface area contributed by atoms with Crippen molar-refractivity contribution in [2.75, 3.05) is 0 Å². The van der Waals surface area contributed by atoms with E-state index >= 15 is 0 Å². The summed E-state index contributed by atoms with van der Waals surface area (Å²) in [4.78, 5) is 0. The van der Waals surface area contributed by atoms with Crippen molar-refractivity contribution < 1.29 is 18.3 Å². The van der Waals surface area contributed by atoms with Gasteiger partial charge in [-0.2, -0.15) is 13.2 Å². The lowest BCUT2D eigenvalue weighted by Crippen LogP contribution is -2.48. The van der Waals surface area contributed by atoms with E-state index in [1.54, 1.807) is 5.57 Å². The largest absolute Gasteiger partial charge is 0.393 e. The molecule has 0 spiro atoms. The van der Waals surface area contributed by atoms with Crippen molar-refractivity contribution in [2.45, 2.75) is 104 Å². The molecule has 0 radical (unpaired) electrons. The van der Waals surface area contributed by atoms with E-state index in [1.165, 1.54) is 32.6 Å². The van der Waals surface area contributed by atoms with Crippen LogP contribution >= 0.6 is 0 Å². The molecule has 0 saturated heterocycles. The third-order valence-corrected chi connectivity index (χ3v) is 9.94. The first-order chi connectivity index (χ1) is 13.6. The van der Waals surface area contributed by atoms with Gasteiger partial charge in [-0.15, -0.1) is 0 Å². The predicted molar refractivity (Wildman–Crippen MR) is 110 cm³/mol. The summed E-state index contributed by atoms with van der Waals surface area (Å²) >= 11 is 0. The molecule has 4 aliphatic carbocycles. The lowest BCUT2D eigenvalue weighted by atomic mass is 9.48. The van der Waals surface area contributed by atoms with E-state index in [-0.39, 0.29) is 23.4 Å². The van der Waals surface area contributed by atoms with Crippen LogP contribution in [0.15, 0.2) is 11.6 Å². The van der Waals surface area contributed by atoms with Crippen LogP contribution in [0.25, 0.3) is 0 Å². The second-order valence-corrected chi connectivity index (χ2v) is 11.4. The number of aliphatic hydroxyl groups excluding tert-OH is 1. The second kappa shape index (κ2) is 7.57. The molecule has 4 aliphatic rings. The highest BCUT2D eigenvalue weighted by molar-refractivity contribution is 5.28. The van der Waals surface area contributed by atoms with Gasteiger partial charge in [0.25, 0.3) is 0 Å². The summed E-state index contributed by atoms with van der Waals surface area (Å²) in [5.41, 5.74) is 2.23. The Bertz CT molecular complexity index is 640. The van der Waals surface area contributed by atoms with Crippen LogP contribution in [0.5, 0.6) is 0 Å². The summed E-state index contributed by atoms with van der Waals surface area (Å²) in [6.45, 7) is 6.22. The standard InChI is InChI=1S/C25H39F3O/c1-16(25(26,27)28)5-4-6-17-8-10-21-20-9-7-18-15-19(29)11-13-24(18,3)22(20)12-14-23(17,21)2/h12,16-21,29H,4-11,13-15H2,1-3H3. The van der Waals surface area contributed by atoms with Crippen LogP contribution in [0.3, 0.4) is 0 Å². The zero-order valence-corrected chi connectivity index (χ0v) is 18.4. The average Bonchev–Trinajstić information content (AvgIpc) is 2.98. The van der Waals surface area contributed by atoms with Crippen LogP contribution in [0.4, 0.5) is 13.2 Å². The molecule has 0 aliphatic heterocycles. The lowest BCUT2D eigenvalue weighted by molar-refractivity contribution is -0.171. The van der Waals surface area contributed by atoms with Gasteiger partial charge in [0.05, 0.1) is 12.0 Å². The van der Waals surface area contributed by atoms with E-state index < -0.39 is 12.1 Å². The summed E-state index contributed by atoms with van der Waals surface area (Å²) in [7, 11) is 0. The van der Waals surface area contributed by atoms with Gasteiger partial charge in [-0.1, -0.05) is 38.8 Å². The number of aliphatic hydroxyl groups is 1. The molecule has 4 heteroatoms. The van der Waals surface area contributed by atoms with E-state index in [9.17, 15) is 18.3 Å². The first-order valence-electron chi connectivity index (χ1n) is 12.0. The Hall–Kier alpha value is -0.510. The van der Waals surface area contributed by atoms with E-state index in [1.807, 2.05) is 0 Å². The molecule has 29 heavy (non-hydrogen) atoms. The van der Waals surface area contributed by atoms with Gasteiger partial charge in [0, 0.05) is 0 Å². The molecule has 1 N–H and O–H groups in total. The van der Waals surface area contributed by atoms with Crippen molar-refractivity contribution in [2.24, 2.45) is 40.4 Å². The SMILES string of the molecule is CC(CCCC1CCC2C3CCC4CC(O)CCC4(C)C3=CCC12C)C(F)(F)F. The summed E-state index contributed by atoms with van der Waals surface area (Å²) < 4.78 is 38.6. The van der Waals surface area contributed by atoms with Crippen molar-refractivity contribution in [3.8, 4) is 0 Å². The number of allylic oxidation sites excluding steroid dienone is 2. The monoisotopic (exact) mass is 412 g/mol. The number of fused-ring (bicyclic) bond motifs is 5. The Morgan fingerprint density at radius 3 is 2.62 bits per heavy atom. The lowest BCUT2D eigenvalue weighted by Gasteiger charge is -2.56. The zero-order valence-electron chi connectivity index (χ0n) is 18.4. The Labute approximate surface area is 174 Å². The third kappa shape index (κ3) is 3.70.